The fourth-order valence-corrected chi connectivity index (χ4v) is 3.06. The van der Waals surface area contributed by atoms with Crippen LogP contribution >= 0.6 is 0 Å². The van der Waals surface area contributed by atoms with Gasteiger partial charge in [0.25, 0.3) is 0 Å². The fourth-order valence-electron chi connectivity index (χ4n) is 3.06. The minimum absolute atomic E-state index is 0.242. The van der Waals surface area contributed by atoms with E-state index in [2.05, 4.69) is 30.5 Å². The van der Waals surface area contributed by atoms with E-state index < -0.39 is 0 Å². The highest BCUT2D eigenvalue weighted by Gasteiger charge is 2.15. The lowest BCUT2D eigenvalue weighted by Crippen LogP contribution is -2.08. The summed E-state index contributed by atoms with van der Waals surface area (Å²) < 4.78 is 7.86. The maximum absolute atomic E-state index is 5.70. The number of para-hydroxylation sites is 2. The van der Waals surface area contributed by atoms with Gasteiger partial charge >= 0.3 is 0 Å². The molecule has 0 spiro atoms. The van der Waals surface area contributed by atoms with Crippen molar-refractivity contribution in [3.8, 4) is 11.4 Å². The van der Waals surface area contributed by atoms with Crippen molar-refractivity contribution in [1.29, 1.82) is 0 Å². The number of aromatic nitrogens is 4. The zero-order chi connectivity index (χ0) is 17.9. The zero-order valence-electron chi connectivity index (χ0n) is 15.1. The summed E-state index contributed by atoms with van der Waals surface area (Å²) in [6.07, 6.45) is 1.14. The lowest BCUT2D eigenvalue weighted by atomic mass is 10.2. The molecule has 0 aliphatic carbocycles. The fraction of sp³-hybridized carbons (Fsp3) is 0.286. The van der Waals surface area contributed by atoms with Gasteiger partial charge in [-0.2, -0.15) is 0 Å². The van der Waals surface area contributed by atoms with Crippen LogP contribution in [0.4, 0.5) is 0 Å². The van der Waals surface area contributed by atoms with Gasteiger partial charge in [-0.3, -0.25) is 0 Å². The van der Waals surface area contributed by atoms with Crippen LogP contribution in [0.25, 0.3) is 33.7 Å². The van der Waals surface area contributed by atoms with E-state index in [0.717, 1.165) is 41.0 Å². The summed E-state index contributed by atoms with van der Waals surface area (Å²) in [6.45, 7) is 5.62. The average Bonchev–Trinajstić information content (AvgIpc) is 3.01. The number of imidazole rings is 1. The van der Waals surface area contributed by atoms with E-state index in [1.807, 2.05) is 42.5 Å². The molecule has 0 aliphatic heterocycles. The van der Waals surface area contributed by atoms with Crippen molar-refractivity contribution in [2.75, 3.05) is 6.61 Å². The Balaban J connectivity index is 1.79. The Morgan fingerprint density at radius 2 is 1.58 bits per heavy atom. The van der Waals surface area contributed by atoms with Crippen LogP contribution in [-0.4, -0.2) is 32.2 Å². The topological polar surface area (TPSA) is 52.8 Å². The normalized spacial score (nSPS) is 11.7. The van der Waals surface area contributed by atoms with E-state index in [0.29, 0.717) is 12.3 Å². The summed E-state index contributed by atoms with van der Waals surface area (Å²) in [6, 6.07) is 18.1. The molecule has 0 saturated heterocycles. The molecule has 0 aliphatic rings. The first kappa shape index (κ1) is 16.7. The number of rotatable bonds is 6. The first-order chi connectivity index (χ1) is 12.7. The van der Waals surface area contributed by atoms with Gasteiger partial charge in [0.05, 0.1) is 17.1 Å². The van der Waals surface area contributed by atoms with Gasteiger partial charge in [-0.25, -0.2) is 15.0 Å². The molecule has 5 heteroatoms. The van der Waals surface area contributed by atoms with E-state index in [-0.39, 0.29) is 6.10 Å². The van der Waals surface area contributed by atoms with Crippen LogP contribution < -0.4 is 0 Å². The highest BCUT2D eigenvalue weighted by molar-refractivity contribution is 5.84. The van der Waals surface area contributed by atoms with E-state index in [1.165, 1.54) is 0 Å². The summed E-state index contributed by atoms with van der Waals surface area (Å²) in [5.41, 5.74) is 4.34. The van der Waals surface area contributed by atoms with Gasteiger partial charge in [-0.05, 0) is 32.4 Å². The Hall–Kier alpha value is -2.79. The van der Waals surface area contributed by atoms with Gasteiger partial charge in [-0.1, -0.05) is 42.5 Å². The predicted octanol–water partition coefficient (Wildman–Crippen LogP) is 4.46. The molecule has 0 amide bonds. The minimum atomic E-state index is 0.242. The number of aryl methyl sites for hydroxylation is 1. The van der Waals surface area contributed by atoms with Crippen molar-refractivity contribution in [2.45, 2.75) is 32.9 Å². The second kappa shape index (κ2) is 7.22. The second-order valence-electron chi connectivity index (χ2n) is 6.59. The summed E-state index contributed by atoms with van der Waals surface area (Å²) in [4.78, 5) is 14.3. The quantitative estimate of drug-likeness (QED) is 0.484. The van der Waals surface area contributed by atoms with Crippen LogP contribution in [0.2, 0.25) is 0 Å². The summed E-state index contributed by atoms with van der Waals surface area (Å²) in [5, 5.41) is 0. The van der Waals surface area contributed by atoms with Crippen molar-refractivity contribution >= 4 is 22.3 Å². The molecule has 2 aromatic carbocycles. The zero-order valence-corrected chi connectivity index (χ0v) is 15.1. The highest BCUT2D eigenvalue weighted by atomic mass is 16.5. The van der Waals surface area contributed by atoms with Crippen LogP contribution in [0.5, 0.6) is 0 Å². The van der Waals surface area contributed by atoms with E-state index in [1.54, 1.807) is 0 Å². The van der Waals surface area contributed by atoms with Gasteiger partial charge in [0.15, 0.2) is 11.3 Å². The van der Waals surface area contributed by atoms with Crippen LogP contribution in [0.15, 0.2) is 54.6 Å². The standard InChI is InChI=1S/C21H22N4O/c1-15(2)26-14-8-13-25-20(16-9-4-3-5-10-16)24-19-21(25)23-18-12-7-6-11-17(18)22-19/h3-7,9-12,15H,8,13-14H2,1-2H3. The summed E-state index contributed by atoms with van der Waals surface area (Å²) in [7, 11) is 0. The Labute approximate surface area is 152 Å². The molecule has 0 atom stereocenters. The molecular formula is C21H22N4O. The third-order valence-corrected chi connectivity index (χ3v) is 4.27. The van der Waals surface area contributed by atoms with Crippen LogP contribution in [0.3, 0.4) is 0 Å². The predicted molar refractivity (Wildman–Crippen MR) is 104 cm³/mol. The first-order valence-electron chi connectivity index (χ1n) is 9.02. The van der Waals surface area contributed by atoms with Gasteiger partial charge < -0.3 is 9.30 Å². The van der Waals surface area contributed by atoms with E-state index >= 15 is 0 Å². The monoisotopic (exact) mass is 346 g/mol. The third kappa shape index (κ3) is 3.30. The number of fused-ring (bicyclic) bond motifs is 2. The number of benzene rings is 2. The van der Waals surface area contributed by atoms with E-state index in [4.69, 9.17) is 19.7 Å². The van der Waals surface area contributed by atoms with Crippen LogP contribution in [-0.2, 0) is 11.3 Å². The molecule has 4 aromatic rings. The molecule has 26 heavy (non-hydrogen) atoms. The maximum Gasteiger partial charge on any atom is 0.198 e. The van der Waals surface area contributed by atoms with Crippen LogP contribution in [0, 0.1) is 0 Å². The molecule has 0 N–H and O–H groups in total. The number of hydrogen-bond donors (Lipinski definition) is 0. The lowest BCUT2D eigenvalue weighted by Gasteiger charge is -2.10. The van der Waals surface area contributed by atoms with Crippen molar-refractivity contribution in [3.05, 3.63) is 54.6 Å². The number of nitrogens with zero attached hydrogens (tertiary/aromatic N) is 4. The largest absolute Gasteiger partial charge is 0.379 e. The van der Waals surface area contributed by atoms with Crippen molar-refractivity contribution < 1.29 is 4.74 Å². The molecule has 0 unspecified atom stereocenters. The Morgan fingerprint density at radius 1 is 0.885 bits per heavy atom. The Morgan fingerprint density at radius 3 is 2.31 bits per heavy atom. The molecule has 0 bridgehead atoms. The highest BCUT2D eigenvalue weighted by Crippen LogP contribution is 2.24. The Bertz CT molecular complexity index is 1020. The van der Waals surface area contributed by atoms with Crippen LogP contribution in [0.1, 0.15) is 20.3 Å². The number of hydrogen-bond acceptors (Lipinski definition) is 4. The minimum Gasteiger partial charge on any atom is -0.379 e. The third-order valence-electron chi connectivity index (χ3n) is 4.27. The average molecular weight is 346 g/mol. The first-order valence-corrected chi connectivity index (χ1v) is 9.02. The molecule has 5 nitrogen and oxygen atoms in total. The molecule has 2 aromatic heterocycles. The molecule has 2 heterocycles. The van der Waals surface area contributed by atoms with Gasteiger partial charge in [-0.15, -0.1) is 0 Å². The summed E-state index contributed by atoms with van der Waals surface area (Å²) in [5.74, 6) is 0.903. The molecule has 0 radical (unpaired) electrons. The molecule has 0 fully saturated rings. The van der Waals surface area contributed by atoms with Crippen molar-refractivity contribution in [2.24, 2.45) is 0 Å². The second-order valence-corrected chi connectivity index (χ2v) is 6.59. The van der Waals surface area contributed by atoms with Crippen molar-refractivity contribution in [1.82, 2.24) is 19.5 Å². The number of ether oxygens (including phenoxy) is 1. The lowest BCUT2D eigenvalue weighted by molar-refractivity contribution is 0.0750. The van der Waals surface area contributed by atoms with Gasteiger partial charge in [0, 0.05) is 18.7 Å². The Kier molecular flexibility index (Phi) is 4.63. The van der Waals surface area contributed by atoms with Gasteiger partial charge in [0.2, 0.25) is 0 Å². The SMILES string of the molecule is CC(C)OCCCn1c(-c2ccccc2)nc2nc3ccccc3nc21. The molecule has 0 saturated carbocycles. The molecule has 4 rings (SSSR count). The molecular weight excluding hydrogens is 324 g/mol. The van der Waals surface area contributed by atoms with Crippen molar-refractivity contribution in [3.63, 3.8) is 0 Å². The summed E-state index contributed by atoms with van der Waals surface area (Å²) >= 11 is 0. The maximum atomic E-state index is 5.70. The molecule has 132 valence electrons. The van der Waals surface area contributed by atoms with Gasteiger partial charge in [0.1, 0.15) is 5.82 Å². The smallest absolute Gasteiger partial charge is 0.198 e. The van der Waals surface area contributed by atoms with E-state index in [9.17, 15) is 0 Å².